The van der Waals surface area contributed by atoms with E-state index >= 15 is 0 Å². The Balaban J connectivity index is 2.08. The molecule has 0 fully saturated rings. The third kappa shape index (κ3) is 16.5. The SMILES string of the molecule is CCCCCCCCCCCCOc1c(Br)sc(Br)c1OCCCCCCCCCCCC. The Labute approximate surface area is 226 Å². The summed E-state index contributed by atoms with van der Waals surface area (Å²) in [5, 5.41) is 0. The van der Waals surface area contributed by atoms with Gasteiger partial charge in [0.2, 0.25) is 0 Å². The molecule has 194 valence electrons. The number of rotatable bonds is 24. The van der Waals surface area contributed by atoms with Crippen LogP contribution < -0.4 is 9.47 Å². The van der Waals surface area contributed by atoms with Crippen LogP contribution >= 0.6 is 43.2 Å². The van der Waals surface area contributed by atoms with Crippen LogP contribution in [0.4, 0.5) is 0 Å². The van der Waals surface area contributed by atoms with Crippen LogP contribution in [-0.2, 0) is 0 Å². The van der Waals surface area contributed by atoms with Crippen LogP contribution in [0, 0.1) is 0 Å². The second-order valence-corrected chi connectivity index (χ2v) is 13.0. The van der Waals surface area contributed by atoms with Gasteiger partial charge in [-0.15, -0.1) is 11.3 Å². The fourth-order valence-electron chi connectivity index (χ4n) is 4.12. The average molecular weight is 611 g/mol. The molecule has 0 radical (unpaired) electrons. The minimum Gasteiger partial charge on any atom is -0.488 e. The Morgan fingerprint density at radius 2 is 0.727 bits per heavy atom. The fraction of sp³-hybridized carbons (Fsp3) is 0.857. The first-order valence-electron chi connectivity index (χ1n) is 13.9. The Bertz CT molecular complexity index is 516. The van der Waals surface area contributed by atoms with E-state index in [4.69, 9.17) is 9.47 Å². The third-order valence-corrected chi connectivity index (χ3v) is 8.65. The van der Waals surface area contributed by atoms with Gasteiger partial charge in [0.1, 0.15) is 7.57 Å². The van der Waals surface area contributed by atoms with Gasteiger partial charge in [0.05, 0.1) is 13.2 Å². The number of hydrogen-bond donors (Lipinski definition) is 0. The van der Waals surface area contributed by atoms with Gasteiger partial charge in [-0.25, -0.2) is 0 Å². The lowest BCUT2D eigenvalue weighted by molar-refractivity contribution is 0.258. The molecule has 0 amide bonds. The van der Waals surface area contributed by atoms with Gasteiger partial charge >= 0.3 is 0 Å². The first kappa shape index (κ1) is 31.3. The van der Waals surface area contributed by atoms with E-state index in [0.29, 0.717) is 0 Å². The van der Waals surface area contributed by atoms with Crippen molar-refractivity contribution in [2.24, 2.45) is 0 Å². The van der Waals surface area contributed by atoms with Crippen molar-refractivity contribution in [2.75, 3.05) is 13.2 Å². The summed E-state index contributed by atoms with van der Waals surface area (Å²) in [6.45, 7) is 6.10. The molecule has 0 aliphatic carbocycles. The molecular weight excluding hydrogens is 560 g/mol. The second-order valence-electron chi connectivity index (χ2n) is 9.37. The van der Waals surface area contributed by atoms with Crippen molar-refractivity contribution >= 4 is 43.2 Å². The Kier molecular flexibility index (Phi) is 21.5. The van der Waals surface area contributed by atoms with Crippen molar-refractivity contribution in [1.82, 2.24) is 0 Å². The first-order valence-corrected chi connectivity index (χ1v) is 16.3. The van der Waals surface area contributed by atoms with Crippen LogP contribution in [0.15, 0.2) is 7.57 Å². The molecule has 0 saturated carbocycles. The monoisotopic (exact) mass is 608 g/mol. The predicted octanol–water partition coefficient (Wildman–Crippen LogP) is 11.9. The van der Waals surface area contributed by atoms with E-state index in [0.717, 1.165) is 45.1 Å². The molecule has 5 heteroatoms. The second kappa shape index (κ2) is 22.7. The maximum absolute atomic E-state index is 6.12. The summed E-state index contributed by atoms with van der Waals surface area (Å²) in [5.74, 6) is 1.77. The zero-order valence-electron chi connectivity index (χ0n) is 21.5. The molecule has 1 aromatic heterocycles. The van der Waals surface area contributed by atoms with E-state index in [9.17, 15) is 0 Å². The summed E-state index contributed by atoms with van der Waals surface area (Å²) in [7, 11) is 0. The predicted molar refractivity (Wildman–Crippen MR) is 154 cm³/mol. The van der Waals surface area contributed by atoms with Crippen molar-refractivity contribution < 1.29 is 9.47 Å². The highest BCUT2D eigenvalue weighted by molar-refractivity contribution is 9.12. The number of unbranched alkanes of at least 4 members (excludes halogenated alkanes) is 18. The van der Waals surface area contributed by atoms with Gasteiger partial charge in [-0.05, 0) is 44.7 Å². The van der Waals surface area contributed by atoms with Crippen LogP contribution in [0.2, 0.25) is 0 Å². The van der Waals surface area contributed by atoms with E-state index < -0.39 is 0 Å². The summed E-state index contributed by atoms with van der Waals surface area (Å²) in [5.41, 5.74) is 0. The molecule has 0 unspecified atom stereocenters. The molecule has 0 atom stereocenters. The van der Waals surface area contributed by atoms with Gasteiger partial charge in [-0.1, -0.05) is 129 Å². The van der Waals surface area contributed by atoms with E-state index in [1.165, 1.54) is 116 Å². The average Bonchev–Trinajstić information content (AvgIpc) is 3.08. The molecule has 0 spiro atoms. The molecular formula is C28H50Br2O2S. The molecule has 1 rings (SSSR count). The van der Waals surface area contributed by atoms with Crippen LogP contribution in [-0.4, -0.2) is 13.2 Å². The van der Waals surface area contributed by atoms with Crippen molar-refractivity contribution in [3.63, 3.8) is 0 Å². The van der Waals surface area contributed by atoms with E-state index in [2.05, 4.69) is 45.7 Å². The Morgan fingerprint density at radius 1 is 0.455 bits per heavy atom. The molecule has 0 aliphatic rings. The lowest BCUT2D eigenvalue weighted by Crippen LogP contribution is -2.02. The van der Waals surface area contributed by atoms with Crippen molar-refractivity contribution in [3.8, 4) is 11.5 Å². The first-order chi connectivity index (χ1) is 16.2. The summed E-state index contributed by atoms with van der Waals surface area (Å²) >= 11 is 8.95. The highest BCUT2D eigenvalue weighted by Crippen LogP contribution is 2.48. The topological polar surface area (TPSA) is 18.5 Å². The van der Waals surface area contributed by atoms with Crippen molar-refractivity contribution in [1.29, 1.82) is 0 Å². The molecule has 0 aromatic carbocycles. The summed E-state index contributed by atoms with van der Waals surface area (Å²) in [4.78, 5) is 0. The minimum atomic E-state index is 0.771. The van der Waals surface area contributed by atoms with Crippen molar-refractivity contribution in [3.05, 3.63) is 7.57 Å². The maximum Gasteiger partial charge on any atom is 0.187 e. The lowest BCUT2D eigenvalue weighted by Gasteiger charge is -2.10. The zero-order valence-corrected chi connectivity index (χ0v) is 25.5. The number of hydrogen-bond acceptors (Lipinski definition) is 3. The third-order valence-electron chi connectivity index (χ3n) is 6.23. The molecule has 2 nitrogen and oxygen atoms in total. The molecule has 1 aromatic rings. The van der Waals surface area contributed by atoms with Gasteiger partial charge in [0, 0.05) is 0 Å². The number of halogens is 2. The largest absolute Gasteiger partial charge is 0.488 e. The molecule has 0 aliphatic heterocycles. The van der Waals surface area contributed by atoms with Gasteiger partial charge in [0.15, 0.2) is 11.5 Å². The quantitative estimate of drug-likeness (QED) is 0.108. The smallest absolute Gasteiger partial charge is 0.187 e. The summed E-state index contributed by atoms with van der Waals surface area (Å²) in [6.07, 6.45) is 26.9. The molecule has 0 saturated heterocycles. The molecule has 33 heavy (non-hydrogen) atoms. The lowest BCUT2D eigenvalue weighted by atomic mass is 10.1. The Hall–Kier alpha value is 0.260. The zero-order chi connectivity index (χ0) is 24.0. The fourth-order valence-corrected chi connectivity index (χ4v) is 6.98. The van der Waals surface area contributed by atoms with Crippen LogP contribution in [0.25, 0.3) is 0 Å². The number of ether oxygens (including phenoxy) is 2. The normalized spacial score (nSPS) is 11.3. The highest BCUT2D eigenvalue weighted by Gasteiger charge is 2.18. The molecule has 0 N–H and O–H groups in total. The maximum atomic E-state index is 6.12. The summed E-state index contributed by atoms with van der Waals surface area (Å²) in [6, 6.07) is 0. The molecule has 0 bridgehead atoms. The van der Waals surface area contributed by atoms with Gasteiger partial charge in [-0.3, -0.25) is 0 Å². The van der Waals surface area contributed by atoms with E-state index in [1.54, 1.807) is 11.3 Å². The van der Waals surface area contributed by atoms with Gasteiger partial charge < -0.3 is 9.47 Å². The van der Waals surface area contributed by atoms with E-state index in [1.807, 2.05) is 0 Å². The van der Waals surface area contributed by atoms with E-state index in [-0.39, 0.29) is 0 Å². The van der Waals surface area contributed by atoms with Gasteiger partial charge in [0.25, 0.3) is 0 Å². The van der Waals surface area contributed by atoms with Crippen molar-refractivity contribution in [2.45, 2.75) is 142 Å². The van der Waals surface area contributed by atoms with Gasteiger partial charge in [-0.2, -0.15) is 0 Å². The van der Waals surface area contributed by atoms with Crippen LogP contribution in [0.5, 0.6) is 11.5 Å². The standard InChI is InChI=1S/C28H50Br2O2S/c1-3-5-7-9-11-13-15-17-19-21-23-31-25-26(28(30)33-27(25)29)32-24-22-20-18-16-14-12-10-8-6-4-2/h3-24H2,1-2H3. The highest BCUT2D eigenvalue weighted by atomic mass is 79.9. The van der Waals surface area contributed by atoms with Crippen LogP contribution in [0.1, 0.15) is 142 Å². The van der Waals surface area contributed by atoms with Crippen LogP contribution in [0.3, 0.4) is 0 Å². The summed E-state index contributed by atoms with van der Waals surface area (Å²) < 4.78 is 14.3. The molecule has 1 heterocycles. The number of thiophene rings is 1. The minimum absolute atomic E-state index is 0.771. The Morgan fingerprint density at radius 3 is 1.03 bits per heavy atom.